The van der Waals surface area contributed by atoms with E-state index in [1.807, 2.05) is 20.8 Å². The van der Waals surface area contributed by atoms with Gasteiger partial charge in [-0.3, -0.25) is 9.69 Å². The third kappa shape index (κ3) is 4.97. The Morgan fingerprint density at radius 3 is 2.50 bits per heavy atom. The van der Waals surface area contributed by atoms with Gasteiger partial charge in [0.15, 0.2) is 5.84 Å². The lowest BCUT2D eigenvalue weighted by molar-refractivity contribution is -0.124. The van der Waals surface area contributed by atoms with Crippen molar-refractivity contribution < 1.29 is 14.7 Å². The van der Waals surface area contributed by atoms with E-state index in [0.717, 1.165) is 32.8 Å². The van der Waals surface area contributed by atoms with Gasteiger partial charge < -0.3 is 21.0 Å². The second-order valence-corrected chi connectivity index (χ2v) is 5.57. The molecule has 1 aliphatic heterocycles. The molecule has 2 atom stereocenters. The van der Waals surface area contributed by atoms with Gasteiger partial charge in [-0.1, -0.05) is 19.0 Å². The molecule has 1 saturated heterocycles. The molecule has 0 radical (unpaired) electrons. The van der Waals surface area contributed by atoms with Gasteiger partial charge in [-0.05, 0) is 12.8 Å². The Morgan fingerprint density at radius 1 is 1.40 bits per heavy atom. The zero-order valence-electron chi connectivity index (χ0n) is 12.5. The van der Waals surface area contributed by atoms with Gasteiger partial charge in [0.25, 0.3) is 0 Å². The van der Waals surface area contributed by atoms with E-state index in [4.69, 9.17) is 15.7 Å². The molecule has 20 heavy (non-hydrogen) atoms. The van der Waals surface area contributed by atoms with Gasteiger partial charge >= 0.3 is 0 Å². The maximum Gasteiger partial charge on any atom is 0.231 e. The normalized spacial score (nSPS) is 20.7. The smallest absolute Gasteiger partial charge is 0.231 e. The molecule has 0 aromatic carbocycles. The van der Waals surface area contributed by atoms with Crippen LogP contribution in [-0.4, -0.2) is 60.7 Å². The molecule has 1 fully saturated rings. The Balaban J connectivity index is 2.50. The van der Waals surface area contributed by atoms with E-state index in [1.54, 1.807) is 0 Å². The van der Waals surface area contributed by atoms with Gasteiger partial charge in [0, 0.05) is 25.7 Å². The minimum atomic E-state index is -0.605. The second kappa shape index (κ2) is 8.06. The summed E-state index contributed by atoms with van der Waals surface area (Å²) in [6, 6.07) is 0.00772. The first-order valence-corrected chi connectivity index (χ1v) is 7.03. The average molecular weight is 286 g/mol. The summed E-state index contributed by atoms with van der Waals surface area (Å²) >= 11 is 0. The summed E-state index contributed by atoms with van der Waals surface area (Å²) in [5, 5.41) is 14.7. The minimum absolute atomic E-state index is 0.00772. The van der Waals surface area contributed by atoms with Crippen LogP contribution in [0.5, 0.6) is 0 Å². The molecular formula is C13H26N4O3. The molecule has 0 aromatic heterocycles. The lowest BCUT2D eigenvalue weighted by atomic mass is 9.93. The molecule has 0 bridgehead atoms. The number of nitrogens with two attached hydrogens (primary N) is 1. The van der Waals surface area contributed by atoms with Crippen molar-refractivity contribution in [3.63, 3.8) is 0 Å². The number of carbonyl (C=O) groups is 1. The predicted octanol–water partition coefficient (Wildman–Crippen LogP) is -0.158. The highest BCUT2D eigenvalue weighted by atomic mass is 16.5. The number of hydrogen-bond donors (Lipinski definition) is 3. The van der Waals surface area contributed by atoms with Crippen LogP contribution in [0.4, 0.5) is 0 Å². The lowest BCUT2D eigenvalue weighted by Crippen LogP contribution is -2.49. The van der Waals surface area contributed by atoms with Crippen LogP contribution < -0.4 is 11.1 Å². The Morgan fingerprint density at radius 2 is 2.00 bits per heavy atom. The third-order valence-corrected chi connectivity index (χ3v) is 3.41. The second-order valence-electron chi connectivity index (χ2n) is 5.57. The Hall–Kier alpha value is -1.34. The summed E-state index contributed by atoms with van der Waals surface area (Å²) in [7, 11) is 0. The number of hydrogen-bond acceptors (Lipinski definition) is 5. The molecule has 1 rings (SSSR count). The van der Waals surface area contributed by atoms with Gasteiger partial charge in [-0.15, -0.1) is 0 Å². The van der Waals surface area contributed by atoms with E-state index in [-0.39, 0.29) is 23.7 Å². The summed E-state index contributed by atoms with van der Waals surface area (Å²) in [4.78, 5) is 14.5. The van der Waals surface area contributed by atoms with Crippen LogP contribution in [0.15, 0.2) is 5.16 Å². The zero-order valence-corrected chi connectivity index (χ0v) is 12.5. The Kier molecular flexibility index (Phi) is 6.74. The molecule has 1 heterocycles. The van der Waals surface area contributed by atoms with E-state index in [9.17, 15) is 4.79 Å². The third-order valence-electron chi connectivity index (χ3n) is 3.41. The average Bonchev–Trinajstić information content (AvgIpc) is 2.38. The van der Waals surface area contributed by atoms with Crippen molar-refractivity contribution in [2.24, 2.45) is 22.7 Å². The summed E-state index contributed by atoms with van der Waals surface area (Å²) in [5.74, 6) is -0.874. The van der Waals surface area contributed by atoms with Crippen molar-refractivity contribution in [2.75, 3.05) is 32.8 Å². The van der Waals surface area contributed by atoms with E-state index in [2.05, 4.69) is 15.4 Å². The number of amides is 1. The first kappa shape index (κ1) is 16.7. The fraction of sp³-hybridized carbons (Fsp3) is 0.846. The van der Waals surface area contributed by atoms with Gasteiger partial charge in [0.1, 0.15) is 5.92 Å². The van der Waals surface area contributed by atoms with Crippen molar-refractivity contribution in [3.05, 3.63) is 0 Å². The van der Waals surface area contributed by atoms with Crippen LogP contribution in [0, 0.1) is 11.8 Å². The first-order chi connectivity index (χ1) is 9.45. The van der Waals surface area contributed by atoms with Crippen LogP contribution in [0.2, 0.25) is 0 Å². The molecule has 0 aromatic rings. The minimum Gasteiger partial charge on any atom is -0.409 e. The molecule has 1 aliphatic rings. The van der Waals surface area contributed by atoms with Crippen molar-refractivity contribution >= 4 is 11.7 Å². The van der Waals surface area contributed by atoms with Gasteiger partial charge in [0.2, 0.25) is 5.91 Å². The highest BCUT2D eigenvalue weighted by Crippen LogP contribution is 2.12. The quantitative estimate of drug-likeness (QED) is 0.273. The summed E-state index contributed by atoms with van der Waals surface area (Å²) in [6.07, 6.45) is 0. The van der Waals surface area contributed by atoms with Crippen molar-refractivity contribution in [1.82, 2.24) is 10.2 Å². The largest absolute Gasteiger partial charge is 0.409 e. The molecule has 7 nitrogen and oxygen atoms in total. The Labute approximate surface area is 120 Å². The zero-order chi connectivity index (χ0) is 15.1. The van der Waals surface area contributed by atoms with E-state index < -0.39 is 5.92 Å². The molecule has 2 unspecified atom stereocenters. The summed E-state index contributed by atoms with van der Waals surface area (Å²) < 4.78 is 5.29. The highest BCUT2D eigenvalue weighted by molar-refractivity contribution is 6.02. The van der Waals surface area contributed by atoms with Gasteiger partial charge in [-0.25, -0.2) is 0 Å². The fourth-order valence-corrected chi connectivity index (χ4v) is 2.39. The number of amidine groups is 1. The van der Waals surface area contributed by atoms with E-state index in [0.29, 0.717) is 0 Å². The van der Waals surface area contributed by atoms with Crippen molar-refractivity contribution in [3.8, 4) is 0 Å². The van der Waals surface area contributed by atoms with Crippen LogP contribution in [0.1, 0.15) is 20.8 Å². The standard InChI is InChI=1S/C13H26N4O3/c1-9(2)11(12(14)16-19)13(18)15-10(3)8-17-4-6-20-7-5-17/h9-11,19H,4-8H2,1-3H3,(H2,14,16)(H,15,18). The molecule has 1 amide bonds. The molecule has 4 N–H and O–H groups in total. The number of carbonyl (C=O) groups excluding carboxylic acids is 1. The number of oxime groups is 1. The van der Waals surface area contributed by atoms with Crippen LogP contribution in [0.3, 0.4) is 0 Å². The van der Waals surface area contributed by atoms with Gasteiger partial charge in [-0.2, -0.15) is 0 Å². The number of nitrogens with zero attached hydrogens (tertiary/aromatic N) is 2. The molecule has 116 valence electrons. The van der Waals surface area contributed by atoms with Crippen LogP contribution in [0.25, 0.3) is 0 Å². The molecule has 0 spiro atoms. The van der Waals surface area contributed by atoms with Crippen molar-refractivity contribution in [2.45, 2.75) is 26.8 Å². The number of ether oxygens (including phenoxy) is 1. The maximum atomic E-state index is 12.2. The maximum absolute atomic E-state index is 12.2. The predicted molar refractivity (Wildman–Crippen MR) is 76.6 cm³/mol. The highest BCUT2D eigenvalue weighted by Gasteiger charge is 2.28. The Bertz CT molecular complexity index is 341. The first-order valence-electron chi connectivity index (χ1n) is 7.03. The molecular weight excluding hydrogens is 260 g/mol. The van der Waals surface area contributed by atoms with E-state index >= 15 is 0 Å². The molecule has 7 heteroatoms. The van der Waals surface area contributed by atoms with Crippen LogP contribution in [-0.2, 0) is 9.53 Å². The summed E-state index contributed by atoms with van der Waals surface area (Å²) in [5.41, 5.74) is 5.59. The summed E-state index contributed by atoms with van der Waals surface area (Å²) in [6.45, 7) is 9.71. The topological polar surface area (TPSA) is 100 Å². The fourth-order valence-electron chi connectivity index (χ4n) is 2.39. The number of nitrogens with one attached hydrogen (secondary N) is 1. The van der Waals surface area contributed by atoms with E-state index in [1.165, 1.54) is 0 Å². The number of rotatable bonds is 6. The monoisotopic (exact) mass is 286 g/mol. The molecule has 0 aliphatic carbocycles. The SMILES string of the molecule is CC(CN1CCOCC1)NC(=O)C(C(N)=NO)C(C)C. The molecule has 0 saturated carbocycles. The lowest BCUT2D eigenvalue weighted by Gasteiger charge is -2.30. The van der Waals surface area contributed by atoms with Crippen LogP contribution >= 0.6 is 0 Å². The number of morpholine rings is 1. The van der Waals surface area contributed by atoms with Gasteiger partial charge in [0.05, 0.1) is 13.2 Å². The van der Waals surface area contributed by atoms with Crippen molar-refractivity contribution in [1.29, 1.82) is 0 Å².